The third-order valence-electron chi connectivity index (χ3n) is 5.37. The number of hydrogen-bond donors (Lipinski definition) is 1. The molecular formula is C26H24N2O4. The number of benzene rings is 2. The Bertz CT molecular complexity index is 1240. The maximum atomic E-state index is 13.2. The van der Waals surface area contributed by atoms with E-state index in [-0.39, 0.29) is 12.3 Å². The molecule has 6 heteroatoms. The van der Waals surface area contributed by atoms with Gasteiger partial charge in [0.25, 0.3) is 5.91 Å². The second kappa shape index (κ2) is 9.47. The number of aliphatic carboxylic acids is 1. The van der Waals surface area contributed by atoms with Crippen LogP contribution in [0.3, 0.4) is 0 Å². The van der Waals surface area contributed by atoms with Crippen molar-refractivity contribution in [3.63, 3.8) is 0 Å². The zero-order chi connectivity index (χ0) is 22.5. The van der Waals surface area contributed by atoms with E-state index in [4.69, 9.17) is 9.84 Å². The molecule has 0 aliphatic heterocycles. The van der Waals surface area contributed by atoms with E-state index in [1.165, 1.54) is 5.56 Å². The molecule has 0 bridgehead atoms. The van der Waals surface area contributed by atoms with Crippen LogP contribution in [-0.2, 0) is 17.6 Å². The first-order valence-electron chi connectivity index (χ1n) is 10.5. The van der Waals surface area contributed by atoms with Gasteiger partial charge in [-0.2, -0.15) is 0 Å². The second-order valence-electron chi connectivity index (χ2n) is 7.68. The van der Waals surface area contributed by atoms with Crippen molar-refractivity contribution in [2.75, 3.05) is 6.61 Å². The summed E-state index contributed by atoms with van der Waals surface area (Å²) in [6.45, 7) is 2.43. The summed E-state index contributed by atoms with van der Waals surface area (Å²) in [5, 5.41) is 9.95. The number of aromatic nitrogens is 2. The van der Waals surface area contributed by atoms with Gasteiger partial charge in [0.15, 0.2) is 0 Å². The summed E-state index contributed by atoms with van der Waals surface area (Å²) in [4.78, 5) is 28.5. The van der Waals surface area contributed by atoms with Gasteiger partial charge in [0, 0.05) is 29.0 Å². The monoisotopic (exact) mass is 428 g/mol. The Hall–Kier alpha value is -3.93. The molecule has 4 aromatic rings. The Morgan fingerprint density at radius 3 is 2.59 bits per heavy atom. The average Bonchev–Trinajstić information content (AvgIpc) is 3.14. The lowest BCUT2D eigenvalue weighted by atomic mass is 10.1. The maximum Gasteiger partial charge on any atom is 0.307 e. The summed E-state index contributed by atoms with van der Waals surface area (Å²) in [6, 6.07) is 18.4. The van der Waals surface area contributed by atoms with E-state index in [1.54, 1.807) is 47.2 Å². The first kappa shape index (κ1) is 21.3. The van der Waals surface area contributed by atoms with E-state index in [2.05, 4.69) is 4.98 Å². The number of fused-ring (bicyclic) bond motifs is 1. The Kier molecular flexibility index (Phi) is 6.31. The summed E-state index contributed by atoms with van der Waals surface area (Å²) in [6.07, 6.45) is 5.31. The van der Waals surface area contributed by atoms with Gasteiger partial charge < -0.3 is 9.84 Å². The molecule has 0 saturated heterocycles. The number of ether oxygens (including phenoxy) is 1. The first-order valence-corrected chi connectivity index (χ1v) is 10.5. The number of rotatable bonds is 8. The number of carbonyl (C=O) groups is 2. The summed E-state index contributed by atoms with van der Waals surface area (Å²) in [5.74, 6) is -0.344. The van der Waals surface area contributed by atoms with E-state index in [9.17, 15) is 9.59 Å². The van der Waals surface area contributed by atoms with Crippen molar-refractivity contribution in [3.8, 4) is 5.75 Å². The number of pyridine rings is 1. The van der Waals surface area contributed by atoms with Crippen molar-refractivity contribution < 1.29 is 19.4 Å². The van der Waals surface area contributed by atoms with Gasteiger partial charge >= 0.3 is 5.97 Å². The number of carboxylic acids is 1. The van der Waals surface area contributed by atoms with Crippen molar-refractivity contribution in [1.82, 2.24) is 9.55 Å². The highest BCUT2D eigenvalue weighted by atomic mass is 16.5. The number of aryl methyl sites for hydroxylation is 2. The summed E-state index contributed by atoms with van der Waals surface area (Å²) < 4.78 is 7.44. The average molecular weight is 428 g/mol. The zero-order valence-electron chi connectivity index (χ0n) is 17.8. The molecule has 2 aromatic heterocycles. The lowest BCUT2D eigenvalue weighted by molar-refractivity contribution is -0.136. The lowest BCUT2D eigenvalue weighted by Gasteiger charge is -2.10. The van der Waals surface area contributed by atoms with Gasteiger partial charge in [0.2, 0.25) is 0 Å². The van der Waals surface area contributed by atoms with Gasteiger partial charge in [0.1, 0.15) is 5.75 Å². The maximum absolute atomic E-state index is 13.2. The van der Waals surface area contributed by atoms with E-state index >= 15 is 0 Å². The van der Waals surface area contributed by atoms with Crippen LogP contribution in [-0.4, -0.2) is 33.1 Å². The Morgan fingerprint density at radius 1 is 1.06 bits per heavy atom. The summed E-state index contributed by atoms with van der Waals surface area (Å²) >= 11 is 0. The van der Waals surface area contributed by atoms with E-state index in [0.717, 1.165) is 23.9 Å². The van der Waals surface area contributed by atoms with Crippen LogP contribution in [0.15, 0.2) is 73.1 Å². The molecule has 6 nitrogen and oxygen atoms in total. The van der Waals surface area contributed by atoms with Gasteiger partial charge in [-0.15, -0.1) is 0 Å². The minimum absolute atomic E-state index is 0.0815. The van der Waals surface area contributed by atoms with Crippen LogP contribution < -0.4 is 4.74 Å². The van der Waals surface area contributed by atoms with Crippen molar-refractivity contribution in [2.45, 2.75) is 26.2 Å². The van der Waals surface area contributed by atoms with Crippen molar-refractivity contribution >= 4 is 22.8 Å². The topological polar surface area (TPSA) is 81.4 Å². The fraction of sp³-hybridized carbons (Fsp3) is 0.192. The molecule has 0 unspecified atom stereocenters. The highest BCUT2D eigenvalue weighted by Crippen LogP contribution is 2.25. The third-order valence-corrected chi connectivity index (χ3v) is 5.37. The molecule has 1 N–H and O–H groups in total. The number of hydrogen-bond acceptors (Lipinski definition) is 4. The number of carbonyl (C=O) groups excluding carboxylic acids is 1. The molecule has 0 amide bonds. The molecule has 2 heterocycles. The molecular weight excluding hydrogens is 404 g/mol. The highest BCUT2D eigenvalue weighted by Gasteiger charge is 2.17. The lowest BCUT2D eigenvalue weighted by Crippen LogP contribution is -2.13. The molecule has 0 saturated carbocycles. The number of nitrogens with zero attached hydrogens (tertiary/aromatic N) is 2. The first-order chi connectivity index (χ1) is 15.5. The Morgan fingerprint density at radius 2 is 1.88 bits per heavy atom. The molecule has 0 aliphatic carbocycles. The predicted molar refractivity (Wildman–Crippen MR) is 122 cm³/mol. The third kappa shape index (κ3) is 4.70. The van der Waals surface area contributed by atoms with E-state index < -0.39 is 5.97 Å². The van der Waals surface area contributed by atoms with Crippen LogP contribution >= 0.6 is 0 Å². The SMILES string of the molecule is Cc1cc2c(CC(=O)O)cccc2n1C(=O)c1ccc(OCCCc2cccnc2)cc1. The molecule has 2 aromatic carbocycles. The summed E-state index contributed by atoms with van der Waals surface area (Å²) in [7, 11) is 0. The van der Waals surface area contributed by atoms with Crippen LogP contribution in [0.2, 0.25) is 0 Å². The van der Waals surface area contributed by atoms with Gasteiger partial charge in [-0.1, -0.05) is 18.2 Å². The molecule has 0 radical (unpaired) electrons. The number of carboxylic acid groups (broad SMARTS) is 1. The van der Waals surface area contributed by atoms with Gasteiger partial charge in [-0.25, -0.2) is 0 Å². The molecule has 4 rings (SSSR count). The van der Waals surface area contributed by atoms with E-state index in [1.807, 2.05) is 37.4 Å². The largest absolute Gasteiger partial charge is 0.494 e. The minimum atomic E-state index is -0.898. The quantitative estimate of drug-likeness (QED) is 0.413. The van der Waals surface area contributed by atoms with Crippen LogP contribution in [0, 0.1) is 6.92 Å². The normalized spacial score (nSPS) is 10.9. The standard InChI is InChI=1S/C26H24N2O4/c1-18-15-23-21(16-25(29)30)7-2-8-24(23)28(18)26(31)20-9-11-22(12-10-20)32-14-4-6-19-5-3-13-27-17-19/h2-3,5,7-13,15,17H,4,6,14,16H2,1H3,(H,29,30). The van der Waals surface area contributed by atoms with Crippen molar-refractivity contribution in [3.05, 3.63) is 95.4 Å². The molecule has 0 fully saturated rings. The van der Waals surface area contributed by atoms with Crippen LogP contribution in [0.25, 0.3) is 10.9 Å². The predicted octanol–water partition coefficient (Wildman–Crippen LogP) is 4.67. The fourth-order valence-corrected chi connectivity index (χ4v) is 3.85. The molecule has 0 aliphatic rings. The molecule has 0 spiro atoms. The molecule has 0 atom stereocenters. The van der Waals surface area contributed by atoms with E-state index in [0.29, 0.717) is 29.0 Å². The van der Waals surface area contributed by atoms with Gasteiger partial charge in [0.05, 0.1) is 18.5 Å². The van der Waals surface area contributed by atoms with Crippen LogP contribution in [0.1, 0.15) is 33.6 Å². The van der Waals surface area contributed by atoms with Crippen LogP contribution in [0.4, 0.5) is 0 Å². The Labute approximate surface area is 186 Å². The summed E-state index contributed by atoms with van der Waals surface area (Å²) in [5.41, 5.74) is 3.88. The van der Waals surface area contributed by atoms with Crippen molar-refractivity contribution in [1.29, 1.82) is 0 Å². The van der Waals surface area contributed by atoms with Gasteiger partial charge in [-0.3, -0.25) is 19.1 Å². The molecule has 162 valence electrons. The second-order valence-corrected chi connectivity index (χ2v) is 7.68. The van der Waals surface area contributed by atoms with Gasteiger partial charge in [-0.05, 0) is 73.4 Å². The highest BCUT2D eigenvalue weighted by molar-refractivity contribution is 6.04. The smallest absolute Gasteiger partial charge is 0.307 e. The van der Waals surface area contributed by atoms with Crippen LogP contribution in [0.5, 0.6) is 5.75 Å². The Balaban J connectivity index is 1.45. The van der Waals surface area contributed by atoms with Crippen molar-refractivity contribution in [2.24, 2.45) is 0 Å². The fourth-order valence-electron chi connectivity index (χ4n) is 3.85. The zero-order valence-corrected chi connectivity index (χ0v) is 17.8. The minimum Gasteiger partial charge on any atom is -0.494 e. The molecule has 32 heavy (non-hydrogen) atoms.